The summed E-state index contributed by atoms with van der Waals surface area (Å²) in [6, 6.07) is 16.5. The number of hydrogen-bond donors (Lipinski definition) is 2. The molecule has 0 spiro atoms. The molecule has 0 aromatic heterocycles. The van der Waals surface area contributed by atoms with Crippen LogP contribution in [0.1, 0.15) is 44.9 Å². The fourth-order valence-electron chi connectivity index (χ4n) is 3.79. The second kappa shape index (κ2) is 10.6. The van der Waals surface area contributed by atoms with E-state index in [4.69, 9.17) is 4.74 Å². The Morgan fingerprint density at radius 1 is 0.967 bits per heavy atom. The van der Waals surface area contributed by atoms with Crippen LogP contribution in [-0.4, -0.2) is 38.3 Å². The van der Waals surface area contributed by atoms with E-state index in [-0.39, 0.29) is 18.0 Å². The van der Waals surface area contributed by atoms with Crippen LogP contribution in [0, 0.1) is 5.92 Å². The highest BCUT2D eigenvalue weighted by molar-refractivity contribution is 5.94. The minimum Gasteiger partial charge on any atom is -0.378 e. The van der Waals surface area contributed by atoms with Gasteiger partial charge in [0.1, 0.15) is 0 Å². The van der Waals surface area contributed by atoms with Gasteiger partial charge in [-0.3, -0.25) is 10.1 Å². The molecular weight excluding hydrogens is 374 g/mol. The number of nitrogens with one attached hydrogen (secondary N) is 2. The third kappa shape index (κ3) is 6.31. The highest BCUT2D eigenvalue weighted by atomic mass is 16.5. The van der Waals surface area contributed by atoms with E-state index in [1.54, 1.807) is 0 Å². The summed E-state index contributed by atoms with van der Waals surface area (Å²) in [4.78, 5) is 14.9. The monoisotopic (exact) mass is 409 g/mol. The molecule has 1 fully saturated rings. The second-order valence-electron chi connectivity index (χ2n) is 8.59. The Bertz CT molecular complexity index is 796. The van der Waals surface area contributed by atoms with Crippen LogP contribution in [0.5, 0.6) is 0 Å². The summed E-state index contributed by atoms with van der Waals surface area (Å²) in [5, 5.41) is 6.42. The fourth-order valence-corrected chi connectivity index (χ4v) is 3.79. The molecule has 5 nitrogen and oxygen atoms in total. The lowest BCUT2D eigenvalue weighted by Gasteiger charge is -2.29. The van der Waals surface area contributed by atoms with Crippen LogP contribution in [0.25, 0.3) is 0 Å². The lowest BCUT2D eigenvalue weighted by atomic mass is 9.99. The van der Waals surface area contributed by atoms with Crippen LogP contribution in [0.2, 0.25) is 0 Å². The number of anilines is 2. The second-order valence-corrected chi connectivity index (χ2v) is 8.59. The molecule has 2 atom stereocenters. The zero-order valence-corrected chi connectivity index (χ0v) is 18.7. The average molecular weight is 410 g/mol. The molecule has 1 saturated heterocycles. The number of benzene rings is 2. The number of morpholine rings is 1. The average Bonchev–Trinajstić information content (AvgIpc) is 2.75. The number of nitrogens with zero attached hydrogens (tertiary/aromatic N) is 1. The Hall–Kier alpha value is -2.37. The molecule has 0 aliphatic carbocycles. The van der Waals surface area contributed by atoms with Crippen LogP contribution in [0.3, 0.4) is 0 Å². The van der Waals surface area contributed by atoms with Gasteiger partial charge in [-0.25, -0.2) is 0 Å². The quantitative estimate of drug-likeness (QED) is 0.679. The standard InChI is InChI=1S/C25H35N3O2/c1-18(2)17-21-5-7-22(8-6-21)19(3)26-20(4)25(29)27-23-9-11-24(12-10-23)28-13-15-30-16-14-28/h5-12,18-20,26H,13-17H2,1-4H3,(H,27,29)/t19-,20-/m1/s1. The molecule has 2 N–H and O–H groups in total. The predicted octanol–water partition coefficient (Wildman–Crippen LogP) is 4.40. The van der Waals surface area contributed by atoms with Gasteiger partial charge in [-0.2, -0.15) is 0 Å². The summed E-state index contributed by atoms with van der Waals surface area (Å²) in [5.74, 6) is 0.621. The van der Waals surface area contributed by atoms with E-state index in [2.05, 4.69) is 72.7 Å². The maximum absolute atomic E-state index is 12.6. The van der Waals surface area contributed by atoms with Crippen molar-refractivity contribution in [3.63, 3.8) is 0 Å². The summed E-state index contributed by atoms with van der Waals surface area (Å²) >= 11 is 0. The van der Waals surface area contributed by atoms with Gasteiger partial charge in [0.2, 0.25) is 5.91 Å². The first-order chi connectivity index (χ1) is 14.4. The lowest BCUT2D eigenvalue weighted by molar-refractivity contribution is -0.117. The first-order valence-corrected chi connectivity index (χ1v) is 11.0. The zero-order chi connectivity index (χ0) is 21.5. The Morgan fingerprint density at radius 2 is 1.60 bits per heavy atom. The molecule has 3 rings (SSSR count). The van der Waals surface area contributed by atoms with E-state index in [1.807, 2.05) is 19.1 Å². The van der Waals surface area contributed by atoms with Crippen molar-refractivity contribution in [2.75, 3.05) is 36.5 Å². The van der Waals surface area contributed by atoms with E-state index < -0.39 is 0 Å². The molecule has 2 aromatic rings. The van der Waals surface area contributed by atoms with Gasteiger partial charge >= 0.3 is 0 Å². The van der Waals surface area contributed by atoms with Gasteiger partial charge in [0.25, 0.3) is 0 Å². The molecule has 0 saturated carbocycles. The van der Waals surface area contributed by atoms with Gasteiger partial charge in [0.15, 0.2) is 0 Å². The van der Waals surface area contributed by atoms with Crippen molar-refractivity contribution in [2.24, 2.45) is 5.92 Å². The van der Waals surface area contributed by atoms with E-state index in [0.29, 0.717) is 5.92 Å². The minimum atomic E-state index is -0.297. The highest BCUT2D eigenvalue weighted by Crippen LogP contribution is 2.20. The van der Waals surface area contributed by atoms with Crippen LogP contribution >= 0.6 is 0 Å². The number of amides is 1. The molecule has 5 heteroatoms. The maximum atomic E-state index is 12.6. The third-order valence-electron chi connectivity index (χ3n) is 5.53. The molecule has 1 heterocycles. The molecule has 0 radical (unpaired) electrons. The lowest BCUT2D eigenvalue weighted by Crippen LogP contribution is -2.39. The van der Waals surface area contributed by atoms with Crippen molar-refractivity contribution in [1.82, 2.24) is 5.32 Å². The van der Waals surface area contributed by atoms with Crippen molar-refractivity contribution in [2.45, 2.75) is 46.2 Å². The van der Waals surface area contributed by atoms with Crippen LogP contribution in [0.15, 0.2) is 48.5 Å². The van der Waals surface area contributed by atoms with Gasteiger partial charge in [-0.1, -0.05) is 38.1 Å². The molecule has 1 amide bonds. The summed E-state index contributed by atoms with van der Waals surface area (Å²) in [6.07, 6.45) is 1.09. The van der Waals surface area contributed by atoms with Gasteiger partial charge in [-0.05, 0) is 61.6 Å². The summed E-state index contributed by atoms with van der Waals surface area (Å²) in [7, 11) is 0. The summed E-state index contributed by atoms with van der Waals surface area (Å²) < 4.78 is 5.40. The van der Waals surface area contributed by atoms with Crippen LogP contribution < -0.4 is 15.5 Å². The minimum absolute atomic E-state index is 0.0302. The Kier molecular flexibility index (Phi) is 7.88. The molecule has 162 valence electrons. The Morgan fingerprint density at radius 3 is 2.20 bits per heavy atom. The smallest absolute Gasteiger partial charge is 0.241 e. The van der Waals surface area contributed by atoms with Crippen LogP contribution in [0.4, 0.5) is 11.4 Å². The van der Waals surface area contributed by atoms with Crippen LogP contribution in [-0.2, 0) is 16.0 Å². The van der Waals surface area contributed by atoms with E-state index in [9.17, 15) is 4.79 Å². The molecule has 2 aromatic carbocycles. The van der Waals surface area contributed by atoms with Crippen molar-refractivity contribution >= 4 is 17.3 Å². The molecule has 0 unspecified atom stereocenters. The SMILES string of the molecule is CC(C)Cc1ccc([C@@H](C)N[C@H](C)C(=O)Nc2ccc(N3CCOCC3)cc2)cc1. The first kappa shape index (κ1) is 22.3. The van der Waals surface area contributed by atoms with Crippen molar-refractivity contribution in [1.29, 1.82) is 0 Å². The molecule has 1 aliphatic heterocycles. The Balaban J connectivity index is 1.51. The number of carbonyl (C=O) groups excluding carboxylic acids is 1. The topological polar surface area (TPSA) is 53.6 Å². The number of hydrogen-bond acceptors (Lipinski definition) is 4. The third-order valence-corrected chi connectivity index (χ3v) is 5.53. The molecule has 1 aliphatic rings. The molecule has 0 bridgehead atoms. The number of carbonyl (C=O) groups is 1. The maximum Gasteiger partial charge on any atom is 0.241 e. The normalized spacial score (nSPS) is 16.4. The number of ether oxygens (including phenoxy) is 1. The van der Waals surface area contributed by atoms with Crippen molar-refractivity contribution in [3.05, 3.63) is 59.7 Å². The highest BCUT2D eigenvalue weighted by Gasteiger charge is 2.17. The van der Waals surface area contributed by atoms with Gasteiger partial charge in [-0.15, -0.1) is 0 Å². The van der Waals surface area contributed by atoms with E-state index >= 15 is 0 Å². The Labute approximate surface area is 180 Å². The van der Waals surface area contributed by atoms with Crippen molar-refractivity contribution < 1.29 is 9.53 Å². The van der Waals surface area contributed by atoms with Gasteiger partial charge < -0.3 is 15.0 Å². The van der Waals surface area contributed by atoms with Gasteiger partial charge in [0.05, 0.1) is 19.3 Å². The zero-order valence-electron chi connectivity index (χ0n) is 18.7. The number of rotatable bonds is 8. The summed E-state index contributed by atoms with van der Waals surface area (Å²) in [5.41, 5.74) is 4.53. The summed E-state index contributed by atoms with van der Waals surface area (Å²) in [6.45, 7) is 11.8. The van der Waals surface area contributed by atoms with Gasteiger partial charge in [0, 0.05) is 30.5 Å². The largest absolute Gasteiger partial charge is 0.378 e. The molecule has 30 heavy (non-hydrogen) atoms. The predicted molar refractivity (Wildman–Crippen MR) is 124 cm³/mol. The van der Waals surface area contributed by atoms with E-state index in [1.165, 1.54) is 11.1 Å². The molecular formula is C25H35N3O2. The fraction of sp³-hybridized carbons (Fsp3) is 0.480. The van der Waals surface area contributed by atoms with Crippen molar-refractivity contribution in [3.8, 4) is 0 Å². The van der Waals surface area contributed by atoms with E-state index in [0.717, 1.165) is 44.1 Å². The first-order valence-electron chi connectivity index (χ1n) is 11.0.